The fourth-order valence-corrected chi connectivity index (χ4v) is 5.39. The number of hydrogen-bond donors (Lipinski definition) is 1. The molecule has 0 unspecified atom stereocenters. The number of anilines is 1. The van der Waals surface area contributed by atoms with E-state index in [-0.39, 0.29) is 33.3 Å². The van der Waals surface area contributed by atoms with Crippen molar-refractivity contribution in [3.05, 3.63) is 89.9 Å². The molecule has 0 amide bonds. The fourth-order valence-electron chi connectivity index (χ4n) is 3.83. The summed E-state index contributed by atoms with van der Waals surface area (Å²) in [7, 11) is -2.64. The molecule has 0 spiro atoms. The first kappa shape index (κ1) is 22.9. The number of methoxy groups -OCH3 is 1. The maximum absolute atomic E-state index is 15.5. The lowest BCUT2D eigenvalue weighted by molar-refractivity contribution is 0.386. The second-order valence-corrected chi connectivity index (χ2v) is 9.87. The Kier molecular flexibility index (Phi) is 5.91. The summed E-state index contributed by atoms with van der Waals surface area (Å²) >= 11 is 1.12. The molecule has 5 rings (SSSR count). The Morgan fingerprint density at radius 1 is 1.00 bits per heavy atom. The predicted molar refractivity (Wildman–Crippen MR) is 132 cm³/mol. The Balaban J connectivity index is 1.64. The summed E-state index contributed by atoms with van der Waals surface area (Å²) in [4.78, 5) is 4.28. The Labute approximate surface area is 204 Å². The van der Waals surface area contributed by atoms with E-state index in [4.69, 9.17) is 4.74 Å². The summed E-state index contributed by atoms with van der Waals surface area (Å²) in [5.74, 6) is -1.51. The zero-order valence-electron chi connectivity index (χ0n) is 18.2. The summed E-state index contributed by atoms with van der Waals surface area (Å²) in [5.41, 5.74) is 0.547. The highest BCUT2D eigenvalue weighted by Gasteiger charge is 2.24. The number of fused-ring (bicyclic) bond motifs is 1. The Morgan fingerprint density at radius 3 is 2.51 bits per heavy atom. The zero-order valence-corrected chi connectivity index (χ0v) is 19.8. The van der Waals surface area contributed by atoms with Gasteiger partial charge in [0.05, 0.1) is 23.3 Å². The van der Waals surface area contributed by atoms with Crippen molar-refractivity contribution < 1.29 is 21.9 Å². The van der Waals surface area contributed by atoms with Crippen molar-refractivity contribution in [3.8, 4) is 28.1 Å². The van der Waals surface area contributed by atoms with E-state index in [0.29, 0.717) is 16.3 Å². The minimum absolute atomic E-state index is 0.00630. The molecule has 0 bridgehead atoms. The third-order valence-corrected chi connectivity index (χ3v) is 7.33. The van der Waals surface area contributed by atoms with Crippen LogP contribution in [-0.2, 0) is 10.0 Å². The van der Waals surface area contributed by atoms with Crippen molar-refractivity contribution in [2.45, 2.75) is 4.90 Å². The molecular weight excluding hydrogens is 492 g/mol. The molecule has 0 atom stereocenters. The van der Waals surface area contributed by atoms with Gasteiger partial charge in [0.25, 0.3) is 10.0 Å². The van der Waals surface area contributed by atoms with Crippen LogP contribution in [0.5, 0.6) is 5.75 Å². The van der Waals surface area contributed by atoms with Crippen LogP contribution in [0, 0.1) is 11.6 Å². The number of halogens is 2. The minimum atomic E-state index is -3.90. The second-order valence-electron chi connectivity index (χ2n) is 7.53. The average Bonchev–Trinajstić information content (AvgIpc) is 3.37. The maximum atomic E-state index is 15.5. The van der Waals surface area contributed by atoms with Gasteiger partial charge < -0.3 is 4.74 Å². The van der Waals surface area contributed by atoms with Crippen LogP contribution in [0.2, 0.25) is 0 Å². The Morgan fingerprint density at radius 2 is 1.80 bits per heavy atom. The van der Waals surface area contributed by atoms with Gasteiger partial charge in [-0.1, -0.05) is 36.4 Å². The molecule has 1 N–H and O–H groups in total. The highest BCUT2D eigenvalue weighted by atomic mass is 32.2. The lowest BCUT2D eigenvalue weighted by Crippen LogP contribution is -2.13. The van der Waals surface area contributed by atoms with E-state index >= 15 is 8.78 Å². The highest BCUT2D eigenvalue weighted by molar-refractivity contribution is 7.92. The molecule has 6 nitrogen and oxygen atoms in total. The Bertz CT molecular complexity index is 1640. The number of nitrogens with one attached hydrogen (secondary N) is 1. The van der Waals surface area contributed by atoms with Crippen LogP contribution in [0.4, 0.5) is 14.6 Å². The van der Waals surface area contributed by atoms with E-state index in [2.05, 4.69) is 14.1 Å². The third-order valence-electron chi connectivity index (χ3n) is 5.42. The van der Waals surface area contributed by atoms with E-state index in [1.165, 1.54) is 31.5 Å². The molecule has 35 heavy (non-hydrogen) atoms. The summed E-state index contributed by atoms with van der Waals surface area (Å²) in [6, 6.07) is 17.2. The number of benzene rings is 3. The number of hydrogen-bond acceptors (Lipinski definition) is 6. The molecule has 5 aromatic rings. The highest BCUT2D eigenvalue weighted by Crippen LogP contribution is 2.41. The average molecular weight is 510 g/mol. The van der Waals surface area contributed by atoms with Gasteiger partial charge in [0.1, 0.15) is 5.82 Å². The molecule has 0 saturated carbocycles. The molecule has 0 fully saturated rings. The van der Waals surface area contributed by atoms with Gasteiger partial charge in [-0.2, -0.15) is 4.37 Å². The number of aromatic nitrogens is 2. The molecule has 2 heterocycles. The van der Waals surface area contributed by atoms with Gasteiger partial charge in [0.15, 0.2) is 17.4 Å². The molecule has 176 valence electrons. The minimum Gasteiger partial charge on any atom is -0.493 e. The SMILES string of the molecule is COc1c(F)c(-c2ccccc2)cc(F)c1-c1nccc2cc(S(=O)(=O)Nc3ccsn3)ccc12. The first-order valence-electron chi connectivity index (χ1n) is 10.3. The zero-order chi connectivity index (χ0) is 24.6. The fraction of sp³-hybridized carbons (Fsp3) is 0.0400. The molecule has 0 saturated heterocycles. The van der Waals surface area contributed by atoms with Gasteiger partial charge in [-0.3, -0.25) is 9.71 Å². The summed E-state index contributed by atoms with van der Waals surface area (Å²) < 4.78 is 68.1. The quantitative estimate of drug-likeness (QED) is 0.299. The first-order chi connectivity index (χ1) is 16.9. The molecule has 0 aliphatic carbocycles. The molecule has 2 aromatic heterocycles. The molecular formula is C25H17F2N3O3S2. The third kappa shape index (κ3) is 4.22. The number of ether oxygens (including phenoxy) is 1. The normalized spacial score (nSPS) is 11.5. The molecule has 0 radical (unpaired) electrons. The predicted octanol–water partition coefficient (Wildman–Crippen LogP) is 6.11. The van der Waals surface area contributed by atoms with Crippen LogP contribution < -0.4 is 9.46 Å². The second kappa shape index (κ2) is 9.05. The number of nitrogens with zero attached hydrogens (tertiary/aromatic N) is 2. The van der Waals surface area contributed by atoms with E-state index in [0.717, 1.165) is 17.6 Å². The standard InChI is InChI=1S/C25H17F2N3O3S2/c1-33-25-22(20(26)14-19(23(25)27)15-5-3-2-4-6-15)24-18-8-7-17(13-16(18)9-11-28-24)35(31,32)30-21-10-12-34-29-21/h2-14H,1H3,(H,29,30). The molecule has 3 aromatic carbocycles. The maximum Gasteiger partial charge on any atom is 0.263 e. The molecule has 10 heteroatoms. The first-order valence-corrected chi connectivity index (χ1v) is 12.6. The van der Waals surface area contributed by atoms with Gasteiger partial charge >= 0.3 is 0 Å². The van der Waals surface area contributed by atoms with Gasteiger partial charge in [-0.05, 0) is 52.8 Å². The molecule has 0 aliphatic rings. The van der Waals surface area contributed by atoms with Crippen molar-refractivity contribution >= 4 is 38.1 Å². The largest absolute Gasteiger partial charge is 0.493 e. The van der Waals surface area contributed by atoms with E-state index in [1.54, 1.807) is 47.8 Å². The van der Waals surface area contributed by atoms with Gasteiger partial charge in [-0.25, -0.2) is 17.2 Å². The summed E-state index contributed by atoms with van der Waals surface area (Å²) in [6.45, 7) is 0. The van der Waals surface area contributed by atoms with Gasteiger partial charge in [-0.15, -0.1) is 0 Å². The van der Waals surface area contributed by atoms with E-state index in [1.807, 2.05) is 0 Å². The number of rotatable bonds is 6. The van der Waals surface area contributed by atoms with Crippen LogP contribution >= 0.6 is 11.5 Å². The molecule has 0 aliphatic heterocycles. The Hall–Kier alpha value is -3.89. The van der Waals surface area contributed by atoms with Crippen molar-refractivity contribution in [1.82, 2.24) is 9.36 Å². The van der Waals surface area contributed by atoms with Crippen molar-refractivity contribution in [1.29, 1.82) is 0 Å². The van der Waals surface area contributed by atoms with Crippen molar-refractivity contribution in [3.63, 3.8) is 0 Å². The van der Waals surface area contributed by atoms with Gasteiger partial charge in [0, 0.05) is 22.5 Å². The van der Waals surface area contributed by atoms with Crippen LogP contribution in [0.1, 0.15) is 0 Å². The van der Waals surface area contributed by atoms with Crippen LogP contribution in [0.25, 0.3) is 33.2 Å². The monoisotopic (exact) mass is 509 g/mol. The summed E-state index contributed by atoms with van der Waals surface area (Å²) in [6.07, 6.45) is 1.41. The van der Waals surface area contributed by atoms with Gasteiger partial charge in [0.2, 0.25) is 0 Å². The number of pyridine rings is 1. The van der Waals surface area contributed by atoms with Crippen molar-refractivity contribution in [2.24, 2.45) is 0 Å². The topological polar surface area (TPSA) is 81.2 Å². The number of sulfonamides is 1. The van der Waals surface area contributed by atoms with E-state index < -0.39 is 21.7 Å². The van der Waals surface area contributed by atoms with Crippen LogP contribution in [0.15, 0.2) is 83.2 Å². The smallest absolute Gasteiger partial charge is 0.263 e. The lowest BCUT2D eigenvalue weighted by atomic mass is 9.97. The van der Waals surface area contributed by atoms with Crippen LogP contribution in [0.3, 0.4) is 0 Å². The van der Waals surface area contributed by atoms with Crippen molar-refractivity contribution in [2.75, 3.05) is 11.8 Å². The lowest BCUT2D eigenvalue weighted by Gasteiger charge is -2.16. The summed E-state index contributed by atoms with van der Waals surface area (Å²) in [5, 5.41) is 2.56. The van der Waals surface area contributed by atoms with Crippen LogP contribution in [-0.4, -0.2) is 24.9 Å². The van der Waals surface area contributed by atoms with E-state index in [9.17, 15) is 8.42 Å².